The Bertz CT molecular complexity index is 224. The molecule has 1 aliphatic rings. The maximum absolute atomic E-state index is 5.64. The third kappa shape index (κ3) is 2.73. The maximum atomic E-state index is 5.64. The Kier molecular flexibility index (Phi) is 3.25. The summed E-state index contributed by atoms with van der Waals surface area (Å²) in [6.45, 7) is 0.896. The molecule has 1 radical (unpaired) electrons. The molecular weight excluding hydrogens is 180 g/mol. The average Bonchev–Trinajstić information content (AvgIpc) is 2.69. The van der Waals surface area contributed by atoms with Crippen molar-refractivity contribution in [2.45, 2.75) is 32.1 Å². The average molecular weight is 195 g/mol. The molecule has 1 heterocycles. The second-order valence-electron chi connectivity index (χ2n) is 3.70. The standard InChI is InChI=1S/C11H15OS/c1-2-4-10(5-3-1)8-12-11-6-7-13-9-11/h6-7,10H,1-5,8H2. The molecule has 71 valence electrons. The van der Waals surface area contributed by atoms with Gasteiger partial charge in [0.15, 0.2) is 0 Å². The molecule has 2 rings (SSSR count). The van der Waals surface area contributed by atoms with Crippen LogP contribution in [0.15, 0.2) is 11.4 Å². The molecule has 0 amide bonds. The minimum absolute atomic E-state index is 0.794. The molecule has 0 saturated heterocycles. The lowest BCUT2D eigenvalue weighted by Gasteiger charge is -2.21. The van der Waals surface area contributed by atoms with Gasteiger partial charge in [-0.3, -0.25) is 0 Å². The fourth-order valence-corrected chi connectivity index (χ4v) is 2.36. The first-order chi connectivity index (χ1) is 6.45. The molecule has 0 unspecified atom stereocenters. The molecule has 13 heavy (non-hydrogen) atoms. The van der Waals surface area contributed by atoms with Crippen LogP contribution in [-0.4, -0.2) is 6.61 Å². The van der Waals surface area contributed by atoms with Crippen molar-refractivity contribution in [1.82, 2.24) is 0 Å². The van der Waals surface area contributed by atoms with Crippen LogP contribution in [0.1, 0.15) is 32.1 Å². The first-order valence-electron chi connectivity index (χ1n) is 5.03. The molecule has 1 aromatic rings. The molecule has 0 spiro atoms. The third-order valence-corrected chi connectivity index (χ3v) is 3.24. The molecule has 1 aliphatic carbocycles. The highest BCUT2D eigenvalue weighted by atomic mass is 32.1. The summed E-state index contributed by atoms with van der Waals surface area (Å²) in [6, 6.07) is 1.99. The second kappa shape index (κ2) is 4.66. The molecule has 2 heteroatoms. The Morgan fingerprint density at radius 3 is 2.92 bits per heavy atom. The fraction of sp³-hybridized carbons (Fsp3) is 0.636. The van der Waals surface area contributed by atoms with E-state index in [0.29, 0.717) is 0 Å². The Balaban J connectivity index is 1.72. The van der Waals surface area contributed by atoms with Gasteiger partial charge in [0.1, 0.15) is 5.75 Å². The zero-order valence-electron chi connectivity index (χ0n) is 7.79. The summed E-state index contributed by atoms with van der Waals surface area (Å²) < 4.78 is 5.64. The van der Waals surface area contributed by atoms with Gasteiger partial charge in [0.25, 0.3) is 0 Å². The van der Waals surface area contributed by atoms with Gasteiger partial charge in [-0.2, -0.15) is 0 Å². The van der Waals surface area contributed by atoms with Gasteiger partial charge in [0.05, 0.1) is 12.0 Å². The van der Waals surface area contributed by atoms with Crippen LogP contribution in [0.5, 0.6) is 5.75 Å². The molecule has 0 bridgehead atoms. The molecule has 1 aromatic heterocycles. The van der Waals surface area contributed by atoms with Crippen molar-refractivity contribution >= 4 is 11.3 Å². The minimum atomic E-state index is 0.794. The normalized spacial score (nSPS) is 18.8. The van der Waals surface area contributed by atoms with Crippen molar-refractivity contribution < 1.29 is 4.74 Å². The van der Waals surface area contributed by atoms with E-state index in [2.05, 4.69) is 5.38 Å². The molecular formula is C11H15OS. The van der Waals surface area contributed by atoms with Gasteiger partial charge in [0.2, 0.25) is 0 Å². The van der Waals surface area contributed by atoms with Gasteiger partial charge in [-0.05, 0) is 30.2 Å². The van der Waals surface area contributed by atoms with Crippen LogP contribution < -0.4 is 4.74 Å². The third-order valence-electron chi connectivity index (χ3n) is 2.65. The summed E-state index contributed by atoms with van der Waals surface area (Å²) >= 11 is 1.58. The van der Waals surface area contributed by atoms with E-state index in [9.17, 15) is 0 Å². The van der Waals surface area contributed by atoms with Crippen LogP contribution in [0.3, 0.4) is 0 Å². The van der Waals surface area contributed by atoms with Gasteiger partial charge in [-0.15, -0.1) is 11.3 Å². The summed E-state index contributed by atoms with van der Waals surface area (Å²) in [5.74, 6) is 1.72. The summed E-state index contributed by atoms with van der Waals surface area (Å²) in [5, 5.41) is 5.11. The number of thiophene rings is 1. The molecule has 0 atom stereocenters. The topological polar surface area (TPSA) is 9.23 Å². The Morgan fingerprint density at radius 1 is 1.38 bits per heavy atom. The maximum Gasteiger partial charge on any atom is 0.138 e. The highest BCUT2D eigenvalue weighted by Gasteiger charge is 2.13. The smallest absolute Gasteiger partial charge is 0.138 e. The van der Waals surface area contributed by atoms with Crippen molar-refractivity contribution in [2.75, 3.05) is 6.61 Å². The van der Waals surface area contributed by atoms with E-state index in [1.807, 2.05) is 11.4 Å². The summed E-state index contributed by atoms with van der Waals surface area (Å²) in [7, 11) is 0. The van der Waals surface area contributed by atoms with Gasteiger partial charge >= 0.3 is 0 Å². The molecule has 1 nitrogen and oxygen atoms in total. The van der Waals surface area contributed by atoms with Crippen molar-refractivity contribution in [3.05, 3.63) is 16.8 Å². The van der Waals surface area contributed by atoms with E-state index in [0.717, 1.165) is 18.3 Å². The van der Waals surface area contributed by atoms with Crippen LogP contribution >= 0.6 is 11.3 Å². The summed E-state index contributed by atoms with van der Waals surface area (Å²) in [6.07, 6.45) is 6.90. The molecule has 0 N–H and O–H groups in total. The van der Waals surface area contributed by atoms with E-state index < -0.39 is 0 Å². The van der Waals surface area contributed by atoms with E-state index in [4.69, 9.17) is 4.74 Å². The lowest BCUT2D eigenvalue weighted by molar-refractivity contribution is 0.209. The quantitative estimate of drug-likeness (QED) is 0.717. The fourth-order valence-electron chi connectivity index (χ4n) is 1.86. The van der Waals surface area contributed by atoms with Gasteiger partial charge in [0, 0.05) is 0 Å². The first kappa shape index (κ1) is 9.07. The van der Waals surface area contributed by atoms with Gasteiger partial charge in [-0.25, -0.2) is 0 Å². The summed E-state index contributed by atoms with van der Waals surface area (Å²) in [5.41, 5.74) is 0. The monoisotopic (exact) mass is 195 g/mol. The number of hydrogen-bond donors (Lipinski definition) is 0. The highest BCUT2D eigenvalue weighted by molar-refractivity contribution is 7.07. The minimum Gasteiger partial charge on any atom is -0.492 e. The van der Waals surface area contributed by atoms with Crippen LogP contribution in [0, 0.1) is 11.3 Å². The molecule has 1 fully saturated rings. The van der Waals surface area contributed by atoms with Gasteiger partial charge < -0.3 is 4.74 Å². The zero-order valence-corrected chi connectivity index (χ0v) is 8.61. The van der Waals surface area contributed by atoms with Crippen LogP contribution in [0.25, 0.3) is 0 Å². The van der Waals surface area contributed by atoms with Crippen molar-refractivity contribution in [2.24, 2.45) is 5.92 Å². The van der Waals surface area contributed by atoms with Crippen molar-refractivity contribution in [3.63, 3.8) is 0 Å². The van der Waals surface area contributed by atoms with Crippen molar-refractivity contribution in [3.8, 4) is 5.75 Å². The highest BCUT2D eigenvalue weighted by Crippen LogP contribution is 2.24. The predicted molar refractivity (Wildman–Crippen MR) is 55.2 cm³/mol. The Morgan fingerprint density at radius 2 is 2.23 bits per heavy atom. The van der Waals surface area contributed by atoms with E-state index in [-0.39, 0.29) is 0 Å². The van der Waals surface area contributed by atoms with E-state index in [1.54, 1.807) is 11.3 Å². The van der Waals surface area contributed by atoms with Crippen LogP contribution in [0.4, 0.5) is 0 Å². The van der Waals surface area contributed by atoms with E-state index in [1.165, 1.54) is 32.1 Å². The number of ether oxygens (including phenoxy) is 1. The lowest BCUT2D eigenvalue weighted by Crippen LogP contribution is -2.14. The van der Waals surface area contributed by atoms with E-state index >= 15 is 0 Å². The number of rotatable bonds is 3. The molecule has 0 aromatic carbocycles. The molecule has 0 aliphatic heterocycles. The lowest BCUT2D eigenvalue weighted by atomic mass is 9.90. The van der Waals surface area contributed by atoms with Gasteiger partial charge in [-0.1, -0.05) is 19.3 Å². The molecule has 1 saturated carbocycles. The Labute approximate surface area is 83.7 Å². The van der Waals surface area contributed by atoms with Crippen LogP contribution in [0.2, 0.25) is 0 Å². The zero-order chi connectivity index (χ0) is 8.93. The van der Waals surface area contributed by atoms with Crippen molar-refractivity contribution in [1.29, 1.82) is 0 Å². The first-order valence-corrected chi connectivity index (χ1v) is 5.91. The second-order valence-corrected chi connectivity index (χ2v) is 4.41. The SMILES string of the molecule is [c]1sccc1OCC1CCCCC1. The summed E-state index contributed by atoms with van der Waals surface area (Å²) in [4.78, 5) is 0. The predicted octanol–water partition coefficient (Wildman–Crippen LogP) is 3.51. The Hall–Kier alpha value is -0.500. The largest absolute Gasteiger partial charge is 0.492 e. The number of hydrogen-bond acceptors (Lipinski definition) is 2. The van der Waals surface area contributed by atoms with Crippen LogP contribution in [-0.2, 0) is 0 Å².